The second kappa shape index (κ2) is 6.44. The fourth-order valence-corrected chi connectivity index (χ4v) is 2.09. The van der Waals surface area contributed by atoms with Crippen LogP contribution < -0.4 is 0 Å². The van der Waals surface area contributed by atoms with Crippen LogP contribution in [0.3, 0.4) is 0 Å². The minimum absolute atomic E-state index is 0.622. The number of hydrogen-bond donors (Lipinski definition) is 0. The minimum atomic E-state index is 0.622. The standard InChI is InChI=1S/C11H21ClN2/c1-13(8-4-3-7-12)10-11-6-5-9-14(11)2/h3-4,11H,5-10H2,1-2H3. The highest BCUT2D eigenvalue weighted by molar-refractivity contribution is 6.18. The van der Waals surface area contributed by atoms with Crippen molar-refractivity contribution < 1.29 is 0 Å². The third-order valence-electron chi connectivity index (χ3n) is 2.87. The molecule has 0 radical (unpaired) electrons. The first kappa shape index (κ1) is 12.0. The van der Waals surface area contributed by atoms with Crippen molar-refractivity contribution >= 4 is 11.6 Å². The third kappa shape index (κ3) is 3.99. The van der Waals surface area contributed by atoms with Crippen LogP contribution in [0.15, 0.2) is 12.2 Å². The molecule has 0 N–H and O–H groups in total. The van der Waals surface area contributed by atoms with E-state index in [1.165, 1.54) is 25.9 Å². The Bertz CT molecular complexity index is 182. The van der Waals surface area contributed by atoms with Crippen molar-refractivity contribution in [2.24, 2.45) is 0 Å². The van der Waals surface area contributed by atoms with Gasteiger partial charge >= 0.3 is 0 Å². The Morgan fingerprint density at radius 3 is 2.86 bits per heavy atom. The van der Waals surface area contributed by atoms with E-state index in [4.69, 9.17) is 11.6 Å². The summed E-state index contributed by atoms with van der Waals surface area (Å²) >= 11 is 5.56. The normalized spacial score (nSPS) is 24.1. The Morgan fingerprint density at radius 1 is 1.50 bits per heavy atom. The number of nitrogens with zero attached hydrogens (tertiary/aromatic N) is 2. The van der Waals surface area contributed by atoms with Gasteiger partial charge in [0.2, 0.25) is 0 Å². The Hall–Kier alpha value is -0.0500. The van der Waals surface area contributed by atoms with Gasteiger partial charge in [-0.05, 0) is 33.5 Å². The molecule has 0 spiro atoms. The van der Waals surface area contributed by atoms with E-state index in [1.807, 2.05) is 6.08 Å². The van der Waals surface area contributed by atoms with Gasteiger partial charge in [0.15, 0.2) is 0 Å². The van der Waals surface area contributed by atoms with Crippen LogP contribution in [0.4, 0.5) is 0 Å². The van der Waals surface area contributed by atoms with Gasteiger partial charge in [-0.25, -0.2) is 0 Å². The first-order chi connectivity index (χ1) is 6.74. The molecule has 1 aliphatic heterocycles. The highest BCUT2D eigenvalue weighted by Gasteiger charge is 2.21. The molecule has 82 valence electrons. The molecular formula is C11H21ClN2. The maximum absolute atomic E-state index is 5.56. The predicted molar refractivity (Wildman–Crippen MR) is 63.0 cm³/mol. The van der Waals surface area contributed by atoms with Crippen LogP contribution in [-0.4, -0.2) is 55.5 Å². The summed E-state index contributed by atoms with van der Waals surface area (Å²) in [4.78, 5) is 4.82. The average Bonchev–Trinajstić information content (AvgIpc) is 2.52. The van der Waals surface area contributed by atoms with Gasteiger partial charge in [0.25, 0.3) is 0 Å². The number of hydrogen-bond acceptors (Lipinski definition) is 2. The van der Waals surface area contributed by atoms with Gasteiger partial charge < -0.3 is 9.80 Å². The zero-order chi connectivity index (χ0) is 10.4. The fourth-order valence-electron chi connectivity index (χ4n) is 1.96. The summed E-state index contributed by atoms with van der Waals surface area (Å²) < 4.78 is 0. The maximum Gasteiger partial charge on any atom is 0.0404 e. The van der Waals surface area contributed by atoms with E-state index < -0.39 is 0 Å². The van der Waals surface area contributed by atoms with Crippen molar-refractivity contribution in [1.82, 2.24) is 9.80 Å². The van der Waals surface area contributed by atoms with Gasteiger partial charge in [-0.15, -0.1) is 11.6 Å². The molecule has 1 unspecified atom stereocenters. The average molecular weight is 217 g/mol. The second-order valence-corrected chi connectivity index (χ2v) is 4.43. The van der Waals surface area contributed by atoms with Crippen molar-refractivity contribution in [3.63, 3.8) is 0 Å². The molecule has 2 nitrogen and oxygen atoms in total. The van der Waals surface area contributed by atoms with E-state index in [1.54, 1.807) is 0 Å². The first-order valence-electron chi connectivity index (χ1n) is 5.33. The quantitative estimate of drug-likeness (QED) is 0.511. The molecule has 1 rings (SSSR count). The van der Waals surface area contributed by atoms with Crippen LogP contribution in [0.5, 0.6) is 0 Å². The SMILES string of the molecule is CN(CC=CCCl)CC1CCCN1C. The summed E-state index contributed by atoms with van der Waals surface area (Å²) in [5.74, 6) is 0.622. The summed E-state index contributed by atoms with van der Waals surface area (Å²) in [6, 6.07) is 0.754. The molecule has 3 heteroatoms. The summed E-state index contributed by atoms with van der Waals surface area (Å²) in [5.41, 5.74) is 0. The van der Waals surface area contributed by atoms with Crippen molar-refractivity contribution in [3.05, 3.63) is 12.2 Å². The van der Waals surface area contributed by atoms with Gasteiger partial charge in [0.1, 0.15) is 0 Å². The molecule has 0 aromatic carbocycles. The molecule has 1 saturated heterocycles. The van der Waals surface area contributed by atoms with E-state index >= 15 is 0 Å². The predicted octanol–water partition coefficient (Wildman–Crippen LogP) is 1.81. The number of likely N-dealkylation sites (N-methyl/N-ethyl adjacent to an activating group) is 2. The van der Waals surface area contributed by atoms with Gasteiger partial charge in [-0.1, -0.05) is 12.2 Å². The van der Waals surface area contributed by atoms with Crippen molar-refractivity contribution in [2.45, 2.75) is 18.9 Å². The number of alkyl halides is 1. The molecule has 0 aromatic heterocycles. The number of rotatable bonds is 5. The highest BCUT2D eigenvalue weighted by atomic mass is 35.5. The summed E-state index contributed by atoms with van der Waals surface area (Å²) in [6.07, 6.45) is 6.85. The van der Waals surface area contributed by atoms with E-state index in [9.17, 15) is 0 Å². The molecule has 0 amide bonds. The first-order valence-corrected chi connectivity index (χ1v) is 5.87. The second-order valence-electron chi connectivity index (χ2n) is 4.12. The monoisotopic (exact) mass is 216 g/mol. The van der Waals surface area contributed by atoms with Crippen molar-refractivity contribution in [1.29, 1.82) is 0 Å². The summed E-state index contributed by atoms with van der Waals surface area (Å²) in [7, 11) is 4.39. The molecule has 1 aliphatic rings. The maximum atomic E-state index is 5.56. The molecular weight excluding hydrogens is 196 g/mol. The summed E-state index contributed by atoms with van der Waals surface area (Å²) in [6.45, 7) is 3.44. The Balaban J connectivity index is 2.19. The molecule has 0 aromatic rings. The largest absolute Gasteiger partial charge is 0.302 e. The van der Waals surface area contributed by atoms with Crippen LogP contribution >= 0.6 is 11.6 Å². The van der Waals surface area contributed by atoms with Gasteiger partial charge in [0.05, 0.1) is 0 Å². The lowest BCUT2D eigenvalue weighted by atomic mass is 10.2. The lowest BCUT2D eigenvalue weighted by Gasteiger charge is -2.24. The Morgan fingerprint density at radius 2 is 2.29 bits per heavy atom. The van der Waals surface area contributed by atoms with E-state index in [0.717, 1.165) is 12.6 Å². The highest BCUT2D eigenvalue weighted by Crippen LogP contribution is 2.15. The van der Waals surface area contributed by atoms with Gasteiger partial charge in [-0.2, -0.15) is 0 Å². The molecule has 0 bridgehead atoms. The Kier molecular flexibility index (Phi) is 5.53. The number of allylic oxidation sites excluding steroid dienone is 1. The minimum Gasteiger partial charge on any atom is -0.302 e. The van der Waals surface area contributed by atoms with Gasteiger partial charge in [-0.3, -0.25) is 0 Å². The lowest BCUT2D eigenvalue weighted by molar-refractivity contribution is 0.232. The molecule has 0 saturated carbocycles. The molecule has 1 fully saturated rings. The number of halogens is 1. The van der Waals surface area contributed by atoms with Crippen molar-refractivity contribution in [3.8, 4) is 0 Å². The van der Waals surface area contributed by atoms with Crippen LogP contribution in [0.25, 0.3) is 0 Å². The lowest BCUT2D eigenvalue weighted by Crippen LogP contribution is -2.36. The van der Waals surface area contributed by atoms with Crippen LogP contribution in [-0.2, 0) is 0 Å². The summed E-state index contributed by atoms with van der Waals surface area (Å²) in [5, 5.41) is 0. The molecule has 14 heavy (non-hydrogen) atoms. The van der Waals surface area contributed by atoms with Crippen molar-refractivity contribution in [2.75, 3.05) is 39.6 Å². The third-order valence-corrected chi connectivity index (χ3v) is 3.04. The Labute approximate surface area is 92.5 Å². The smallest absolute Gasteiger partial charge is 0.0404 e. The van der Waals surface area contributed by atoms with Crippen LogP contribution in [0.2, 0.25) is 0 Å². The zero-order valence-corrected chi connectivity index (χ0v) is 10.0. The number of likely N-dealkylation sites (tertiary alicyclic amines) is 1. The molecule has 0 aliphatic carbocycles. The van der Waals surface area contributed by atoms with Gasteiger partial charge in [0, 0.05) is 25.0 Å². The fraction of sp³-hybridized carbons (Fsp3) is 0.818. The van der Waals surface area contributed by atoms with E-state index in [2.05, 4.69) is 30.0 Å². The van der Waals surface area contributed by atoms with Crippen LogP contribution in [0, 0.1) is 0 Å². The zero-order valence-electron chi connectivity index (χ0n) is 9.25. The van der Waals surface area contributed by atoms with Crippen LogP contribution in [0.1, 0.15) is 12.8 Å². The molecule has 1 heterocycles. The molecule has 1 atom stereocenters. The van der Waals surface area contributed by atoms with E-state index in [-0.39, 0.29) is 0 Å². The topological polar surface area (TPSA) is 6.48 Å². The van der Waals surface area contributed by atoms with E-state index in [0.29, 0.717) is 5.88 Å².